The topological polar surface area (TPSA) is 0 Å². The van der Waals surface area contributed by atoms with Crippen molar-refractivity contribution in [3.63, 3.8) is 0 Å². The van der Waals surface area contributed by atoms with Gasteiger partial charge in [-0.1, -0.05) is 50.5 Å². The summed E-state index contributed by atoms with van der Waals surface area (Å²) in [5.74, 6) is 0.665. The zero-order chi connectivity index (χ0) is 15.2. The van der Waals surface area contributed by atoms with Gasteiger partial charge in [0.1, 0.15) is 0 Å². The Balaban J connectivity index is 2.27. The van der Waals surface area contributed by atoms with Gasteiger partial charge in [-0.2, -0.15) is 0 Å². The van der Waals surface area contributed by atoms with E-state index in [4.69, 9.17) is 0 Å². The standard InChI is InChI=1S/C21H32/c1-5-7-8-11-18-14-17(4)21(19(6-2)15-18)20-12-9-10-16(3)13-20/h13-15,20H,5-12H2,1-4H3. The molecule has 1 unspecified atom stereocenters. The summed E-state index contributed by atoms with van der Waals surface area (Å²) in [5, 5.41) is 0. The molecule has 0 bridgehead atoms. The van der Waals surface area contributed by atoms with E-state index in [1.807, 2.05) is 0 Å². The van der Waals surface area contributed by atoms with Crippen molar-refractivity contribution >= 4 is 0 Å². The van der Waals surface area contributed by atoms with Crippen LogP contribution in [0.2, 0.25) is 0 Å². The van der Waals surface area contributed by atoms with Crippen LogP contribution in [0.15, 0.2) is 23.8 Å². The molecule has 0 radical (unpaired) electrons. The Morgan fingerprint density at radius 3 is 2.57 bits per heavy atom. The van der Waals surface area contributed by atoms with Gasteiger partial charge >= 0.3 is 0 Å². The summed E-state index contributed by atoms with van der Waals surface area (Å²) in [7, 11) is 0. The number of allylic oxidation sites excluding steroid dienone is 2. The maximum Gasteiger partial charge on any atom is 0.00260 e. The number of hydrogen-bond donors (Lipinski definition) is 0. The van der Waals surface area contributed by atoms with Crippen molar-refractivity contribution in [1.82, 2.24) is 0 Å². The normalized spacial score (nSPS) is 18.7. The first kappa shape index (κ1) is 16.3. The van der Waals surface area contributed by atoms with Crippen LogP contribution in [0.25, 0.3) is 0 Å². The molecule has 0 heteroatoms. The highest BCUT2D eigenvalue weighted by Gasteiger charge is 2.18. The Morgan fingerprint density at radius 1 is 1.10 bits per heavy atom. The lowest BCUT2D eigenvalue weighted by Gasteiger charge is -2.25. The summed E-state index contributed by atoms with van der Waals surface area (Å²) in [6.07, 6.45) is 12.9. The molecular weight excluding hydrogens is 252 g/mol. The van der Waals surface area contributed by atoms with E-state index in [2.05, 4.69) is 45.9 Å². The summed E-state index contributed by atoms with van der Waals surface area (Å²) in [5.41, 5.74) is 7.89. The van der Waals surface area contributed by atoms with Crippen LogP contribution >= 0.6 is 0 Å². The molecule has 0 aromatic heterocycles. The Labute approximate surface area is 131 Å². The van der Waals surface area contributed by atoms with Gasteiger partial charge in [0.2, 0.25) is 0 Å². The van der Waals surface area contributed by atoms with Crippen LogP contribution in [0.5, 0.6) is 0 Å². The highest BCUT2D eigenvalue weighted by atomic mass is 14.2. The van der Waals surface area contributed by atoms with E-state index in [1.165, 1.54) is 56.9 Å². The molecule has 0 saturated heterocycles. The van der Waals surface area contributed by atoms with Gasteiger partial charge in [0.05, 0.1) is 0 Å². The second-order valence-corrected chi connectivity index (χ2v) is 6.81. The van der Waals surface area contributed by atoms with Crippen molar-refractivity contribution in [3.8, 4) is 0 Å². The molecule has 116 valence electrons. The van der Waals surface area contributed by atoms with Crippen LogP contribution in [-0.4, -0.2) is 0 Å². The molecule has 0 saturated carbocycles. The minimum Gasteiger partial charge on any atom is -0.0781 e. The SMILES string of the molecule is CCCCCc1cc(C)c(C2C=C(C)CCC2)c(CC)c1. The van der Waals surface area contributed by atoms with Crippen molar-refractivity contribution in [2.45, 2.75) is 85.0 Å². The fraction of sp³-hybridized carbons (Fsp3) is 0.619. The molecule has 1 aliphatic rings. The quantitative estimate of drug-likeness (QED) is 0.413. The molecule has 0 N–H and O–H groups in total. The Hall–Kier alpha value is -1.04. The van der Waals surface area contributed by atoms with Gasteiger partial charge in [0.15, 0.2) is 0 Å². The van der Waals surface area contributed by atoms with E-state index in [0.29, 0.717) is 5.92 Å². The predicted octanol–water partition coefficient (Wildman–Crippen LogP) is 6.50. The second-order valence-electron chi connectivity index (χ2n) is 6.81. The van der Waals surface area contributed by atoms with E-state index in [-0.39, 0.29) is 0 Å². The molecular formula is C21H32. The van der Waals surface area contributed by atoms with Crippen molar-refractivity contribution < 1.29 is 0 Å². The van der Waals surface area contributed by atoms with Crippen LogP contribution in [0.1, 0.15) is 87.5 Å². The third-order valence-electron chi connectivity index (χ3n) is 4.92. The van der Waals surface area contributed by atoms with E-state index >= 15 is 0 Å². The molecule has 1 aliphatic carbocycles. The number of rotatable bonds is 6. The van der Waals surface area contributed by atoms with E-state index in [1.54, 1.807) is 22.3 Å². The van der Waals surface area contributed by atoms with Crippen LogP contribution in [-0.2, 0) is 12.8 Å². The smallest absolute Gasteiger partial charge is 0.00260 e. The lowest BCUT2D eigenvalue weighted by atomic mass is 9.80. The van der Waals surface area contributed by atoms with Gasteiger partial charge in [-0.05, 0) is 74.6 Å². The average molecular weight is 284 g/mol. The molecule has 0 aliphatic heterocycles. The molecule has 0 heterocycles. The van der Waals surface area contributed by atoms with Gasteiger partial charge in [-0.3, -0.25) is 0 Å². The second kappa shape index (κ2) is 7.82. The van der Waals surface area contributed by atoms with E-state index in [0.717, 1.165) is 0 Å². The Morgan fingerprint density at radius 2 is 1.90 bits per heavy atom. The van der Waals surface area contributed by atoms with Crippen molar-refractivity contribution in [3.05, 3.63) is 46.0 Å². The molecule has 0 spiro atoms. The van der Waals surface area contributed by atoms with Gasteiger partial charge in [-0.25, -0.2) is 0 Å². The van der Waals surface area contributed by atoms with Crippen LogP contribution in [0.3, 0.4) is 0 Å². The summed E-state index contributed by atoms with van der Waals surface area (Å²) in [6, 6.07) is 4.96. The molecule has 1 atom stereocenters. The third-order valence-corrected chi connectivity index (χ3v) is 4.92. The first-order valence-corrected chi connectivity index (χ1v) is 8.95. The third kappa shape index (κ3) is 4.22. The highest BCUT2D eigenvalue weighted by molar-refractivity contribution is 5.43. The van der Waals surface area contributed by atoms with Gasteiger partial charge in [0.25, 0.3) is 0 Å². The lowest BCUT2D eigenvalue weighted by Crippen LogP contribution is -2.08. The minimum absolute atomic E-state index is 0.665. The number of aryl methyl sites for hydroxylation is 3. The fourth-order valence-corrected chi connectivity index (χ4v) is 3.84. The molecule has 1 aromatic carbocycles. The monoisotopic (exact) mass is 284 g/mol. The minimum atomic E-state index is 0.665. The first-order valence-electron chi connectivity index (χ1n) is 8.95. The van der Waals surface area contributed by atoms with Crippen molar-refractivity contribution in [2.75, 3.05) is 0 Å². The summed E-state index contributed by atoms with van der Waals surface area (Å²) in [4.78, 5) is 0. The van der Waals surface area contributed by atoms with Gasteiger partial charge < -0.3 is 0 Å². The highest BCUT2D eigenvalue weighted by Crippen LogP contribution is 2.35. The summed E-state index contributed by atoms with van der Waals surface area (Å²) >= 11 is 0. The van der Waals surface area contributed by atoms with Gasteiger partial charge in [0, 0.05) is 5.92 Å². The number of unbranched alkanes of at least 4 members (excludes halogenated alkanes) is 2. The van der Waals surface area contributed by atoms with Crippen molar-refractivity contribution in [2.24, 2.45) is 0 Å². The zero-order valence-corrected chi connectivity index (χ0v) is 14.5. The largest absolute Gasteiger partial charge is 0.0781 e. The van der Waals surface area contributed by atoms with E-state index < -0.39 is 0 Å². The summed E-state index contributed by atoms with van der Waals surface area (Å²) in [6.45, 7) is 9.22. The molecule has 0 fully saturated rings. The molecule has 1 aromatic rings. The van der Waals surface area contributed by atoms with Crippen LogP contribution in [0, 0.1) is 6.92 Å². The predicted molar refractivity (Wildman–Crippen MR) is 94.1 cm³/mol. The maximum absolute atomic E-state index is 2.53. The molecule has 0 amide bonds. The van der Waals surface area contributed by atoms with Crippen LogP contribution < -0.4 is 0 Å². The molecule has 2 rings (SSSR count). The average Bonchev–Trinajstić information content (AvgIpc) is 2.46. The van der Waals surface area contributed by atoms with Crippen molar-refractivity contribution in [1.29, 1.82) is 0 Å². The Bertz CT molecular complexity index is 493. The summed E-state index contributed by atoms with van der Waals surface area (Å²) < 4.78 is 0. The first-order chi connectivity index (χ1) is 10.2. The molecule has 0 nitrogen and oxygen atoms in total. The maximum atomic E-state index is 2.53. The number of hydrogen-bond acceptors (Lipinski definition) is 0. The Kier molecular flexibility index (Phi) is 6.08. The fourth-order valence-electron chi connectivity index (χ4n) is 3.84. The van der Waals surface area contributed by atoms with Crippen LogP contribution in [0.4, 0.5) is 0 Å². The van der Waals surface area contributed by atoms with Gasteiger partial charge in [-0.15, -0.1) is 0 Å². The number of benzene rings is 1. The molecule has 21 heavy (non-hydrogen) atoms. The van der Waals surface area contributed by atoms with E-state index in [9.17, 15) is 0 Å². The lowest BCUT2D eigenvalue weighted by molar-refractivity contribution is 0.626. The zero-order valence-electron chi connectivity index (χ0n) is 14.5.